The van der Waals surface area contributed by atoms with Crippen LogP contribution in [0.2, 0.25) is 5.02 Å². The Balaban J connectivity index is 1.82. The van der Waals surface area contributed by atoms with Crippen molar-refractivity contribution in [2.45, 2.75) is 13.5 Å². The van der Waals surface area contributed by atoms with E-state index in [4.69, 9.17) is 11.6 Å². The number of hydrogen-bond acceptors (Lipinski definition) is 4. The molecule has 2 aromatic rings. The van der Waals surface area contributed by atoms with Crippen LogP contribution in [0.3, 0.4) is 0 Å². The Labute approximate surface area is 154 Å². The van der Waals surface area contributed by atoms with Crippen molar-refractivity contribution in [2.24, 2.45) is 5.92 Å². The SMILES string of the molecule is Cc1ccc(N2C(=O)NC(=O)[C@@H](C=[NH+]Cc3cccnc3)C2=O)cc1Cl. The zero-order chi connectivity index (χ0) is 18.7. The van der Waals surface area contributed by atoms with Crippen molar-refractivity contribution in [3.8, 4) is 0 Å². The van der Waals surface area contributed by atoms with Crippen molar-refractivity contribution in [3.63, 3.8) is 0 Å². The Kier molecular flexibility index (Phi) is 5.09. The van der Waals surface area contributed by atoms with Crippen LogP contribution in [0.4, 0.5) is 10.5 Å². The zero-order valence-corrected chi connectivity index (χ0v) is 14.7. The van der Waals surface area contributed by atoms with Crippen LogP contribution >= 0.6 is 11.6 Å². The van der Waals surface area contributed by atoms with Crippen LogP contribution in [0.25, 0.3) is 0 Å². The number of carbonyl (C=O) groups is 3. The molecular weight excluding hydrogens is 356 g/mol. The van der Waals surface area contributed by atoms with Crippen LogP contribution in [-0.2, 0) is 16.1 Å². The van der Waals surface area contributed by atoms with Gasteiger partial charge in [-0.15, -0.1) is 0 Å². The number of amides is 4. The Bertz CT molecular complexity index is 899. The number of hydrogen-bond donors (Lipinski definition) is 2. The first kappa shape index (κ1) is 17.8. The molecule has 0 unspecified atom stereocenters. The van der Waals surface area contributed by atoms with Gasteiger partial charge in [-0.25, -0.2) is 14.7 Å². The Morgan fingerprint density at radius 2 is 2.12 bits per heavy atom. The summed E-state index contributed by atoms with van der Waals surface area (Å²) in [4.78, 5) is 44.7. The molecule has 1 aliphatic rings. The minimum Gasteiger partial charge on any atom is -0.276 e. The molecule has 4 amide bonds. The number of benzene rings is 1. The summed E-state index contributed by atoms with van der Waals surface area (Å²) in [5.41, 5.74) is 2.02. The number of carbonyl (C=O) groups excluding carboxylic acids is 3. The molecule has 0 aliphatic carbocycles. The molecule has 3 rings (SSSR count). The predicted octanol–water partition coefficient (Wildman–Crippen LogP) is 0.594. The van der Waals surface area contributed by atoms with Gasteiger partial charge >= 0.3 is 6.03 Å². The van der Waals surface area contributed by atoms with E-state index in [-0.39, 0.29) is 0 Å². The molecule has 0 radical (unpaired) electrons. The van der Waals surface area contributed by atoms with Crippen LogP contribution in [0, 0.1) is 12.8 Å². The number of halogens is 1. The lowest BCUT2D eigenvalue weighted by Gasteiger charge is -2.27. The van der Waals surface area contributed by atoms with Crippen LogP contribution < -0.4 is 15.2 Å². The summed E-state index contributed by atoms with van der Waals surface area (Å²) in [5, 5.41) is 2.62. The smallest absolute Gasteiger partial charge is 0.276 e. The maximum absolute atomic E-state index is 12.7. The number of urea groups is 1. The molecule has 1 fully saturated rings. The second-order valence-electron chi connectivity index (χ2n) is 5.79. The molecule has 26 heavy (non-hydrogen) atoms. The molecular formula is C18H16ClN4O3+. The zero-order valence-electron chi connectivity index (χ0n) is 13.9. The largest absolute Gasteiger partial charge is 0.335 e. The number of nitrogens with one attached hydrogen (secondary N) is 2. The number of anilines is 1. The lowest BCUT2D eigenvalue weighted by atomic mass is 10.1. The molecule has 0 saturated carbocycles. The van der Waals surface area contributed by atoms with E-state index >= 15 is 0 Å². The van der Waals surface area contributed by atoms with Crippen LogP contribution in [0.1, 0.15) is 11.1 Å². The van der Waals surface area contributed by atoms with Gasteiger partial charge in [-0.2, -0.15) is 0 Å². The van der Waals surface area contributed by atoms with Crippen LogP contribution in [-0.4, -0.2) is 29.0 Å². The molecule has 2 N–H and O–H groups in total. The second kappa shape index (κ2) is 7.45. The van der Waals surface area contributed by atoms with Gasteiger partial charge in [0, 0.05) is 23.0 Å². The Hall–Kier alpha value is -3.06. The van der Waals surface area contributed by atoms with E-state index in [9.17, 15) is 14.4 Å². The highest BCUT2D eigenvalue weighted by Crippen LogP contribution is 2.25. The quantitative estimate of drug-likeness (QED) is 0.607. The van der Waals surface area contributed by atoms with E-state index in [1.807, 2.05) is 13.0 Å². The fraction of sp³-hybridized carbons (Fsp3) is 0.167. The number of nitrogens with zero attached hydrogens (tertiary/aromatic N) is 2. The molecule has 2 heterocycles. The van der Waals surface area contributed by atoms with E-state index in [1.165, 1.54) is 12.3 Å². The third-order valence-corrected chi connectivity index (χ3v) is 4.34. The number of aromatic nitrogens is 1. The molecule has 8 heteroatoms. The molecule has 1 saturated heterocycles. The van der Waals surface area contributed by atoms with E-state index in [0.717, 1.165) is 16.0 Å². The number of aryl methyl sites for hydroxylation is 1. The fourth-order valence-electron chi connectivity index (χ4n) is 2.50. The van der Waals surface area contributed by atoms with Gasteiger partial charge < -0.3 is 0 Å². The Morgan fingerprint density at radius 3 is 2.81 bits per heavy atom. The summed E-state index contributed by atoms with van der Waals surface area (Å²) in [7, 11) is 0. The Morgan fingerprint density at radius 1 is 1.31 bits per heavy atom. The van der Waals surface area contributed by atoms with Gasteiger partial charge in [0.15, 0.2) is 18.7 Å². The number of pyridine rings is 1. The highest BCUT2D eigenvalue weighted by Gasteiger charge is 2.42. The van der Waals surface area contributed by atoms with Gasteiger partial charge in [-0.1, -0.05) is 17.7 Å². The predicted molar refractivity (Wildman–Crippen MR) is 95.7 cm³/mol. The number of barbiturate groups is 1. The minimum absolute atomic E-state index is 0.307. The van der Waals surface area contributed by atoms with Crippen molar-refractivity contribution >= 4 is 41.3 Å². The first-order chi connectivity index (χ1) is 12.5. The first-order valence-electron chi connectivity index (χ1n) is 7.88. The van der Waals surface area contributed by atoms with Gasteiger partial charge in [0.1, 0.15) is 0 Å². The summed E-state index contributed by atoms with van der Waals surface area (Å²) in [6.07, 6.45) is 4.70. The van der Waals surface area contributed by atoms with Gasteiger partial charge in [-0.05, 0) is 36.8 Å². The molecule has 0 spiro atoms. The summed E-state index contributed by atoms with van der Waals surface area (Å²) in [6, 6.07) is 7.68. The average Bonchev–Trinajstić information content (AvgIpc) is 2.61. The molecule has 1 aromatic carbocycles. The van der Waals surface area contributed by atoms with Gasteiger partial charge in [0.2, 0.25) is 0 Å². The standard InChI is InChI=1S/C18H15ClN4O3/c1-11-4-5-13(7-15(11)19)23-17(25)14(16(24)22-18(23)26)10-21-9-12-3-2-6-20-8-12/h2-8,10,14H,9H2,1H3,(H,22,24,26)/p+1/t14-/m1/s1. The van der Waals surface area contributed by atoms with Crippen molar-refractivity contribution < 1.29 is 19.4 Å². The first-order valence-corrected chi connectivity index (χ1v) is 8.26. The van der Waals surface area contributed by atoms with Crippen molar-refractivity contribution in [1.29, 1.82) is 0 Å². The number of imide groups is 2. The second-order valence-corrected chi connectivity index (χ2v) is 6.20. The van der Waals surface area contributed by atoms with Gasteiger partial charge in [0.25, 0.3) is 11.8 Å². The lowest BCUT2D eigenvalue weighted by Crippen LogP contribution is -2.71. The molecule has 1 aliphatic heterocycles. The van der Waals surface area contributed by atoms with Crippen LogP contribution in [0.15, 0.2) is 42.7 Å². The van der Waals surface area contributed by atoms with E-state index in [0.29, 0.717) is 17.3 Å². The molecule has 1 aromatic heterocycles. The molecule has 0 bridgehead atoms. The monoisotopic (exact) mass is 371 g/mol. The maximum atomic E-state index is 12.7. The summed E-state index contributed by atoms with van der Waals surface area (Å²) >= 11 is 6.08. The highest BCUT2D eigenvalue weighted by molar-refractivity contribution is 6.34. The topological polar surface area (TPSA) is 93.3 Å². The lowest BCUT2D eigenvalue weighted by molar-refractivity contribution is -0.471. The van der Waals surface area contributed by atoms with E-state index < -0.39 is 23.8 Å². The molecule has 132 valence electrons. The summed E-state index contributed by atoms with van der Waals surface area (Å²) in [5.74, 6) is -2.45. The fourth-order valence-corrected chi connectivity index (χ4v) is 2.67. The third-order valence-electron chi connectivity index (χ3n) is 3.93. The normalized spacial score (nSPS) is 17.7. The summed E-state index contributed by atoms with van der Waals surface area (Å²) in [6.45, 7) is 2.21. The molecule has 7 nitrogen and oxygen atoms in total. The van der Waals surface area contributed by atoms with Crippen molar-refractivity contribution in [3.05, 3.63) is 58.9 Å². The number of rotatable bonds is 4. The van der Waals surface area contributed by atoms with E-state index in [2.05, 4.69) is 15.3 Å². The van der Waals surface area contributed by atoms with Gasteiger partial charge in [-0.3, -0.25) is 19.9 Å². The average molecular weight is 372 g/mol. The third kappa shape index (κ3) is 3.62. The molecule has 1 atom stereocenters. The van der Waals surface area contributed by atoms with Crippen LogP contribution in [0.5, 0.6) is 0 Å². The summed E-state index contributed by atoms with van der Waals surface area (Å²) < 4.78 is 0. The van der Waals surface area contributed by atoms with Crippen molar-refractivity contribution in [2.75, 3.05) is 4.90 Å². The van der Waals surface area contributed by atoms with Gasteiger partial charge in [0.05, 0.1) is 5.69 Å². The van der Waals surface area contributed by atoms with E-state index in [1.54, 1.807) is 30.6 Å². The maximum Gasteiger partial charge on any atom is 0.335 e. The minimum atomic E-state index is -1.13. The van der Waals surface area contributed by atoms with Crippen molar-refractivity contribution in [1.82, 2.24) is 10.3 Å². The highest BCUT2D eigenvalue weighted by atomic mass is 35.5.